The molecule has 3 aromatic rings. The van der Waals surface area contributed by atoms with Crippen LogP contribution < -0.4 is 4.90 Å². The second kappa shape index (κ2) is 7.52. The van der Waals surface area contributed by atoms with Crippen molar-refractivity contribution in [2.24, 2.45) is 5.92 Å². The number of methoxy groups -OCH3 is 1. The summed E-state index contributed by atoms with van der Waals surface area (Å²) in [6.45, 7) is 5.56. The van der Waals surface area contributed by atoms with Gasteiger partial charge in [0.05, 0.1) is 26.1 Å². The topological polar surface area (TPSA) is 81.2 Å². The lowest BCUT2D eigenvalue weighted by molar-refractivity contribution is -0.930. The largest absolute Gasteiger partial charge is 0.492 e. The molecule has 148 valence electrons. The maximum Gasteiger partial charge on any atom is 0.309 e. The van der Waals surface area contributed by atoms with Crippen molar-refractivity contribution in [3.05, 3.63) is 46.1 Å². The predicted molar refractivity (Wildman–Crippen MR) is 106 cm³/mol. The molecule has 0 amide bonds. The zero-order chi connectivity index (χ0) is 19.8. The van der Waals surface area contributed by atoms with Crippen LogP contribution >= 0.6 is 11.3 Å². The summed E-state index contributed by atoms with van der Waals surface area (Å²) in [6.07, 6.45) is 1.57. The molecule has 4 rings (SSSR count). The molecule has 1 fully saturated rings. The molecule has 7 nitrogen and oxygen atoms in total. The fourth-order valence-electron chi connectivity index (χ4n) is 4.05. The van der Waals surface area contributed by atoms with Gasteiger partial charge in [0.25, 0.3) is 0 Å². The van der Waals surface area contributed by atoms with Crippen LogP contribution in [0.2, 0.25) is 0 Å². The molecule has 1 aromatic carbocycles. The highest BCUT2D eigenvalue weighted by molar-refractivity contribution is 7.17. The number of esters is 1. The standard InChI is InChI=1S/C20H24N4O3S/c1-12-4-6-14(7-5-12)16(23-10-8-15(9-11-23)19(26)27-3)17-18(25)24-20(28-17)21-13(2)22-24/h4-7,15-16,25H,8-11H2,1-3H3/p+1/t16-/m0/s1. The molecule has 0 aliphatic carbocycles. The zero-order valence-corrected chi connectivity index (χ0v) is 17.1. The van der Waals surface area contributed by atoms with E-state index < -0.39 is 0 Å². The van der Waals surface area contributed by atoms with Crippen LogP contribution in [-0.4, -0.2) is 45.9 Å². The van der Waals surface area contributed by atoms with Gasteiger partial charge in [0.15, 0.2) is 6.04 Å². The van der Waals surface area contributed by atoms with Gasteiger partial charge in [0.1, 0.15) is 10.7 Å². The lowest BCUT2D eigenvalue weighted by atomic mass is 9.93. The SMILES string of the molecule is COC(=O)C1CC[NH+]([C@@H](c2ccc(C)cc2)c2sc3nc(C)nn3c2O)CC1. The van der Waals surface area contributed by atoms with E-state index in [2.05, 4.69) is 41.3 Å². The summed E-state index contributed by atoms with van der Waals surface area (Å²) in [7, 11) is 1.45. The Balaban J connectivity index is 1.70. The van der Waals surface area contributed by atoms with Gasteiger partial charge in [-0.1, -0.05) is 41.2 Å². The lowest BCUT2D eigenvalue weighted by Gasteiger charge is -2.33. The molecule has 1 atom stereocenters. The van der Waals surface area contributed by atoms with Gasteiger partial charge < -0.3 is 14.7 Å². The summed E-state index contributed by atoms with van der Waals surface area (Å²) < 4.78 is 6.45. The van der Waals surface area contributed by atoms with Gasteiger partial charge in [-0.15, -0.1) is 5.10 Å². The Bertz CT molecular complexity index is 987. The maximum atomic E-state index is 11.9. The molecule has 0 bridgehead atoms. The number of carbonyl (C=O) groups is 1. The van der Waals surface area contributed by atoms with Crippen molar-refractivity contribution in [3.63, 3.8) is 0 Å². The summed E-state index contributed by atoms with van der Waals surface area (Å²) in [5.41, 5.74) is 2.35. The molecule has 3 heterocycles. The summed E-state index contributed by atoms with van der Waals surface area (Å²) in [5.74, 6) is 0.647. The molecule has 28 heavy (non-hydrogen) atoms. The van der Waals surface area contributed by atoms with E-state index >= 15 is 0 Å². The first-order valence-corrected chi connectivity index (χ1v) is 10.3. The van der Waals surface area contributed by atoms with Crippen molar-refractivity contribution >= 4 is 22.3 Å². The van der Waals surface area contributed by atoms with E-state index in [-0.39, 0.29) is 23.8 Å². The smallest absolute Gasteiger partial charge is 0.309 e. The number of nitrogens with one attached hydrogen (secondary N) is 1. The number of fused-ring (bicyclic) bond motifs is 1. The van der Waals surface area contributed by atoms with Crippen LogP contribution in [0.3, 0.4) is 0 Å². The molecule has 0 unspecified atom stereocenters. The third kappa shape index (κ3) is 3.38. The Morgan fingerprint density at radius 1 is 1.29 bits per heavy atom. The van der Waals surface area contributed by atoms with E-state index in [0.29, 0.717) is 10.8 Å². The molecule has 1 saturated heterocycles. The molecular weight excluding hydrogens is 376 g/mol. The molecule has 0 spiro atoms. The third-order valence-electron chi connectivity index (χ3n) is 5.55. The van der Waals surface area contributed by atoms with Gasteiger partial charge >= 0.3 is 5.97 Å². The Morgan fingerprint density at radius 2 is 1.96 bits per heavy atom. The number of quaternary nitrogens is 1. The molecule has 2 N–H and O–H groups in total. The van der Waals surface area contributed by atoms with Crippen molar-refractivity contribution in [1.29, 1.82) is 0 Å². The quantitative estimate of drug-likeness (QED) is 0.650. The van der Waals surface area contributed by atoms with E-state index in [4.69, 9.17) is 4.74 Å². The van der Waals surface area contributed by atoms with Gasteiger partial charge in [0.2, 0.25) is 10.8 Å². The number of aromatic nitrogens is 3. The number of aromatic hydroxyl groups is 1. The normalized spacial score (nSPS) is 21.0. The number of piperidine rings is 1. The highest BCUT2D eigenvalue weighted by Gasteiger charge is 2.37. The predicted octanol–water partition coefficient (Wildman–Crippen LogP) is 1.67. The van der Waals surface area contributed by atoms with Gasteiger partial charge in [-0.25, -0.2) is 4.98 Å². The van der Waals surface area contributed by atoms with Crippen LogP contribution in [0, 0.1) is 19.8 Å². The molecule has 8 heteroatoms. The first-order valence-electron chi connectivity index (χ1n) is 9.52. The minimum atomic E-state index is -0.122. The molecule has 0 radical (unpaired) electrons. The third-order valence-corrected chi connectivity index (χ3v) is 6.63. The Labute approximate surface area is 167 Å². The molecule has 1 aliphatic rings. The summed E-state index contributed by atoms with van der Waals surface area (Å²) in [5, 5.41) is 15.2. The van der Waals surface area contributed by atoms with Crippen molar-refractivity contribution in [3.8, 4) is 5.88 Å². The number of ether oxygens (including phenoxy) is 1. The summed E-state index contributed by atoms with van der Waals surface area (Å²) >= 11 is 1.48. The van der Waals surface area contributed by atoms with Gasteiger partial charge in [-0.05, 0) is 13.8 Å². The van der Waals surface area contributed by atoms with E-state index in [1.54, 1.807) is 0 Å². The highest BCUT2D eigenvalue weighted by Crippen LogP contribution is 2.35. The number of hydrogen-bond acceptors (Lipinski definition) is 6. The molecular formula is C20H25N4O3S+. The minimum Gasteiger partial charge on any atom is -0.492 e. The first kappa shape index (κ1) is 18.9. The molecule has 1 aliphatic heterocycles. The number of nitrogens with zero attached hydrogens (tertiary/aromatic N) is 3. The lowest BCUT2D eigenvalue weighted by Crippen LogP contribution is -3.13. The first-order chi connectivity index (χ1) is 13.5. The van der Waals surface area contributed by atoms with Gasteiger partial charge in [-0.2, -0.15) is 4.52 Å². The Kier molecular flexibility index (Phi) is 5.07. The second-order valence-corrected chi connectivity index (χ2v) is 8.45. The van der Waals surface area contributed by atoms with Crippen LogP contribution in [0.15, 0.2) is 24.3 Å². The van der Waals surface area contributed by atoms with E-state index in [1.807, 2.05) is 6.92 Å². The van der Waals surface area contributed by atoms with Crippen LogP contribution in [0.1, 0.15) is 40.7 Å². The number of likely N-dealkylation sites (tertiary alicyclic amines) is 1. The average Bonchev–Trinajstić information content (AvgIpc) is 3.21. The number of thiazole rings is 1. The van der Waals surface area contributed by atoms with Crippen molar-refractivity contribution in [1.82, 2.24) is 14.6 Å². The summed E-state index contributed by atoms with van der Waals surface area (Å²) in [6, 6.07) is 8.43. The average molecular weight is 402 g/mol. The number of hydrogen-bond donors (Lipinski definition) is 2. The van der Waals surface area contributed by atoms with Crippen LogP contribution in [-0.2, 0) is 9.53 Å². The van der Waals surface area contributed by atoms with Gasteiger partial charge in [0, 0.05) is 18.4 Å². The monoisotopic (exact) mass is 401 g/mol. The van der Waals surface area contributed by atoms with Gasteiger partial charge in [-0.3, -0.25) is 4.79 Å². The maximum absolute atomic E-state index is 11.9. The van der Waals surface area contributed by atoms with E-state index in [0.717, 1.165) is 36.4 Å². The van der Waals surface area contributed by atoms with Crippen LogP contribution in [0.4, 0.5) is 0 Å². The number of benzene rings is 1. The van der Waals surface area contributed by atoms with Crippen LogP contribution in [0.5, 0.6) is 5.88 Å². The van der Waals surface area contributed by atoms with Crippen molar-refractivity contribution < 1.29 is 19.5 Å². The number of aryl methyl sites for hydroxylation is 2. The van der Waals surface area contributed by atoms with Crippen molar-refractivity contribution in [2.75, 3.05) is 20.2 Å². The van der Waals surface area contributed by atoms with E-state index in [1.165, 1.54) is 33.4 Å². The number of carbonyl (C=O) groups excluding carboxylic acids is 1. The second-order valence-electron chi connectivity index (χ2n) is 7.44. The molecule has 0 saturated carbocycles. The summed E-state index contributed by atoms with van der Waals surface area (Å²) in [4.78, 5) is 19.2. The minimum absolute atomic E-state index is 0.0204. The highest BCUT2D eigenvalue weighted by atomic mass is 32.1. The fraction of sp³-hybridized carbons (Fsp3) is 0.450. The fourth-order valence-corrected chi connectivity index (χ4v) is 5.23. The van der Waals surface area contributed by atoms with Crippen LogP contribution in [0.25, 0.3) is 4.96 Å². The zero-order valence-electron chi connectivity index (χ0n) is 16.3. The van der Waals surface area contributed by atoms with E-state index in [9.17, 15) is 9.90 Å². The number of rotatable bonds is 4. The Morgan fingerprint density at radius 3 is 2.57 bits per heavy atom. The Hall–Kier alpha value is -2.45. The van der Waals surface area contributed by atoms with Crippen molar-refractivity contribution in [2.45, 2.75) is 32.7 Å². The molecule has 2 aromatic heterocycles.